The minimum absolute atomic E-state index is 0.0409. The van der Waals surface area contributed by atoms with Crippen LogP contribution in [0, 0.1) is 5.82 Å². The Morgan fingerprint density at radius 1 is 1.48 bits per heavy atom. The first-order valence-corrected chi connectivity index (χ1v) is 9.59. The maximum atomic E-state index is 15.1. The molecule has 0 aliphatic heterocycles. The molecule has 0 aliphatic carbocycles. The molecule has 2 aromatic heterocycles. The maximum absolute atomic E-state index is 15.1. The quantitative estimate of drug-likeness (QED) is 0.453. The van der Waals surface area contributed by atoms with Gasteiger partial charge in [-0.3, -0.25) is 0 Å². The molecule has 3 aromatic rings. The van der Waals surface area contributed by atoms with Gasteiger partial charge in [-0.15, -0.1) is 0 Å². The van der Waals surface area contributed by atoms with Crippen molar-refractivity contribution in [1.82, 2.24) is 14.5 Å². The number of hydrogen-bond acceptors (Lipinski definition) is 5. The normalized spacial score (nSPS) is 12.8. The van der Waals surface area contributed by atoms with Gasteiger partial charge in [0, 0.05) is 35.8 Å². The highest BCUT2D eigenvalue weighted by atomic mass is 35.5. The molecular formula is C20H23ClFN5O2. The molecule has 0 amide bonds. The third-order valence-electron chi connectivity index (χ3n) is 4.68. The van der Waals surface area contributed by atoms with Crippen LogP contribution in [-0.2, 0) is 18.3 Å². The van der Waals surface area contributed by atoms with E-state index >= 15 is 4.39 Å². The summed E-state index contributed by atoms with van der Waals surface area (Å²) in [5, 5.41) is 4.40. The number of benzene rings is 1. The molecule has 0 bridgehead atoms. The molecule has 0 unspecified atom stereocenters. The highest BCUT2D eigenvalue weighted by Crippen LogP contribution is 2.34. The number of H-pyrrole nitrogens is 1. The molecular weight excluding hydrogens is 397 g/mol. The summed E-state index contributed by atoms with van der Waals surface area (Å²) in [5.74, 6) is -0.585. The van der Waals surface area contributed by atoms with E-state index in [1.807, 2.05) is 6.92 Å². The molecule has 3 N–H and O–H groups in total. The summed E-state index contributed by atoms with van der Waals surface area (Å²) < 4.78 is 16.5. The fourth-order valence-electron chi connectivity index (χ4n) is 3.19. The Kier molecular flexibility index (Phi) is 6.34. The fourth-order valence-corrected chi connectivity index (χ4v) is 3.46. The molecule has 7 nitrogen and oxygen atoms in total. The molecule has 2 heterocycles. The van der Waals surface area contributed by atoms with Gasteiger partial charge in [-0.05, 0) is 43.9 Å². The van der Waals surface area contributed by atoms with Crippen molar-refractivity contribution >= 4 is 28.8 Å². The number of aromatic nitrogens is 3. The molecule has 0 fully saturated rings. The number of aromatic amines is 1. The van der Waals surface area contributed by atoms with Crippen molar-refractivity contribution in [2.45, 2.75) is 32.2 Å². The number of oxime groups is 1. The molecule has 0 spiro atoms. The first-order chi connectivity index (χ1) is 13.8. The average molecular weight is 420 g/mol. The van der Waals surface area contributed by atoms with Crippen molar-refractivity contribution in [3.05, 3.63) is 50.8 Å². The van der Waals surface area contributed by atoms with E-state index in [0.29, 0.717) is 34.3 Å². The first kappa shape index (κ1) is 21.0. The zero-order chi connectivity index (χ0) is 21.1. The minimum atomic E-state index is -0.585. The van der Waals surface area contributed by atoms with Crippen LogP contribution in [0.1, 0.15) is 30.9 Å². The summed E-state index contributed by atoms with van der Waals surface area (Å²) >= 11 is 6.35. The second-order valence-electron chi connectivity index (χ2n) is 7.03. The van der Waals surface area contributed by atoms with Crippen molar-refractivity contribution in [2.24, 2.45) is 17.9 Å². The fraction of sp³-hybridized carbons (Fsp3) is 0.350. The SMILES string of the molecule is CO/N=C/c1c(CCC[C@H](C)N)cc(-c2cc3cn(C)c(=O)nc3[nH]2)c(F)c1Cl. The van der Waals surface area contributed by atoms with E-state index in [1.165, 1.54) is 17.9 Å². The number of aryl methyl sites for hydroxylation is 2. The highest BCUT2D eigenvalue weighted by molar-refractivity contribution is 6.33. The summed E-state index contributed by atoms with van der Waals surface area (Å²) in [6.07, 6.45) is 5.35. The van der Waals surface area contributed by atoms with Gasteiger partial charge in [-0.25, -0.2) is 9.18 Å². The second-order valence-corrected chi connectivity index (χ2v) is 7.41. The van der Waals surface area contributed by atoms with Crippen LogP contribution >= 0.6 is 11.6 Å². The van der Waals surface area contributed by atoms with Gasteiger partial charge in [0.2, 0.25) is 0 Å². The number of rotatable bonds is 7. The van der Waals surface area contributed by atoms with E-state index in [1.54, 1.807) is 25.4 Å². The molecule has 0 saturated heterocycles. The topological polar surface area (TPSA) is 98.3 Å². The van der Waals surface area contributed by atoms with Gasteiger partial charge in [0.1, 0.15) is 12.8 Å². The van der Waals surface area contributed by atoms with E-state index in [9.17, 15) is 4.79 Å². The third kappa shape index (κ3) is 4.49. The van der Waals surface area contributed by atoms with Gasteiger partial charge >= 0.3 is 5.69 Å². The Hall–Kier alpha value is -2.71. The molecule has 1 atom stereocenters. The monoisotopic (exact) mass is 419 g/mol. The standard InChI is InChI=1S/C20H23ClFN5O2/c1-11(23)5-4-6-12-7-14(18(22)17(21)15(12)9-24-29-3)16-8-13-10-27(2)20(28)26-19(13)25-16/h7-11H,4-6,23H2,1-3H3,(H,25,26,28)/b24-9+/t11-/m0/s1. The number of fused-ring (bicyclic) bond motifs is 1. The summed E-state index contributed by atoms with van der Waals surface area (Å²) in [5.41, 5.74) is 7.93. The van der Waals surface area contributed by atoms with E-state index < -0.39 is 11.5 Å². The van der Waals surface area contributed by atoms with Gasteiger partial charge < -0.3 is 20.1 Å². The maximum Gasteiger partial charge on any atom is 0.349 e. The number of hydrogen-bond donors (Lipinski definition) is 2. The van der Waals surface area contributed by atoms with Gasteiger partial charge in [-0.1, -0.05) is 16.8 Å². The Morgan fingerprint density at radius 3 is 2.93 bits per heavy atom. The Bertz CT molecular complexity index is 1120. The predicted octanol–water partition coefficient (Wildman–Crippen LogP) is 3.37. The summed E-state index contributed by atoms with van der Waals surface area (Å²) in [7, 11) is 3.02. The van der Waals surface area contributed by atoms with E-state index in [0.717, 1.165) is 18.4 Å². The van der Waals surface area contributed by atoms with Crippen LogP contribution in [-0.4, -0.2) is 33.9 Å². The van der Waals surface area contributed by atoms with Crippen molar-refractivity contribution in [2.75, 3.05) is 7.11 Å². The van der Waals surface area contributed by atoms with Crippen LogP contribution in [0.5, 0.6) is 0 Å². The zero-order valence-electron chi connectivity index (χ0n) is 16.5. The molecule has 154 valence electrons. The molecule has 1 aromatic carbocycles. The van der Waals surface area contributed by atoms with E-state index in [4.69, 9.17) is 22.2 Å². The number of nitrogens with two attached hydrogens (primary N) is 1. The van der Waals surface area contributed by atoms with Crippen molar-refractivity contribution < 1.29 is 9.23 Å². The molecule has 0 aliphatic rings. The molecule has 9 heteroatoms. The Labute approximate surface area is 172 Å². The van der Waals surface area contributed by atoms with Crippen LogP contribution in [0.15, 0.2) is 28.3 Å². The second kappa shape index (κ2) is 8.75. The van der Waals surface area contributed by atoms with Crippen molar-refractivity contribution in [3.63, 3.8) is 0 Å². The molecule has 0 saturated carbocycles. The van der Waals surface area contributed by atoms with Crippen LogP contribution in [0.25, 0.3) is 22.3 Å². The molecule has 0 radical (unpaired) electrons. The van der Waals surface area contributed by atoms with Crippen LogP contribution < -0.4 is 11.4 Å². The third-order valence-corrected chi connectivity index (χ3v) is 5.05. The summed E-state index contributed by atoms with van der Waals surface area (Å²) in [6, 6.07) is 3.55. The average Bonchev–Trinajstić information content (AvgIpc) is 3.06. The lowest BCUT2D eigenvalue weighted by molar-refractivity contribution is 0.215. The minimum Gasteiger partial charge on any atom is -0.399 e. The van der Waals surface area contributed by atoms with Crippen LogP contribution in [0.3, 0.4) is 0 Å². The zero-order valence-corrected chi connectivity index (χ0v) is 17.3. The van der Waals surface area contributed by atoms with Gasteiger partial charge in [-0.2, -0.15) is 4.98 Å². The van der Waals surface area contributed by atoms with Gasteiger partial charge in [0.15, 0.2) is 5.82 Å². The lowest BCUT2D eigenvalue weighted by atomic mass is 9.97. The molecule has 3 rings (SSSR count). The Morgan fingerprint density at radius 2 is 2.24 bits per heavy atom. The lowest BCUT2D eigenvalue weighted by Crippen LogP contribution is -2.18. The summed E-state index contributed by atoms with van der Waals surface area (Å²) in [6.45, 7) is 1.94. The van der Waals surface area contributed by atoms with Crippen LogP contribution in [0.4, 0.5) is 4.39 Å². The van der Waals surface area contributed by atoms with Crippen molar-refractivity contribution in [3.8, 4) is 11.3 Å². The number of nitrogens with one attached hydrogen (secondary N) is 1. The van der Waals surface area contributed by atoms with E-state index in [-0.39, 0.29) is 11.1 Å². The van der Waals surface area contributed by atoms with Crippen LogP contribution in [0.2, 0.25) is 5.02 Å². The highest BCUT2D eigenvalue weighted by Gasteiger charge is 2.19. The number of nitrogens with zero attached hydrogens (tertiary/aromatic N) is 3. The smallest absolute Gasteiger partial charge is 0.349 e. The first-order valence-electron chi connectivity index (χ1n) is 9.21. The van der Waals surface area contributed by atoms with Gasteiger partial charge in [0.25, 0.3) is 0 Å². The number of halogens is 2. The van der Waals surface area contributed by atoms with Crippen molar-refractivity contribution in [1.29, 1.82) is 0 Å². The predicted molar refractivity (Wildman–Crippen MR) is 113 cm³/mol. The largest absolute Gasteiger partial charge is 0.399 e. The molecule has 29 heavy (non-hydrogen) atoms. The van der Waals surface area contributed by atoms with E-state index in [2.05, 4.69) is 15.1 Å². The lowest BCUT2D eigenvalue weighted by Gasteiger charge is -2.13. The summed E-state index contributed by atoms with van der Waals surface area (Å²) in [4.78, 5) is 23.5. The van der Waals surface area contributed by atoms with Gasteiger partial charge in [0.05, 0.1) is 16.9 Å². The Balaban J connectivity index is 2.12.